The number of aryl methyl sites for hydroxylation is 2. The minimum atomic E-state index is 0.0450. The van der Waals surface area contributed by atoms with Gasteiger partial charge in [-0.25, -0.2) is 4.68 Å². The van der Waals surface area contributed by atoms with Crippen molar-refractivity contribution in [3.63, 3.8) is 0 Å². The number of ether oxygens (including phenoxy) is 1. The Hall–Kier alpha value is -2.34. The predicted molar refractivity (Wildman–Crippen MR) is 89.8 cm³/mol. The number of carbonyl (C=O) groups is 1. The smallest absolute Gasteiger partial charge is 0.228 e. The number of rotatable bonds is 6. The molecule has 1 amide bonds. The lowest BCUT2D eigenvalue weighted by Gasteiger charge is -2.10. The van der Waals surface area contributed by atoms with E-state index in [-0.39, 0.29) is 5.91 Å². The maximum Gasteiger partial charge on any atom is 0.228 e. The second kappa shape index (κ2) is 6.42. The zero-order chi connectivity index (χ0) is 16.4. The highest BCUT2D eigenvalue weighted by atomic mass is 16.5. The Morgan fingerprint density at radius 3 is 3.04 bits per heavy atom. The molecule has 2 N–H and O–H groups in total. The van der Waals surface area contributed by atoms with E-state index in [4.69, 9.17) is 4.74 Å². The normalized spacial score (nSPS) is 13.1. The maximum absolute atomic E-state index is 11.5. The van der Waals surface area contributed by atoms with E-state index in [1.54, 1.807) is 4.68 Å². The van der Waals surface area contributed by atoms with Gasteiger partial charge in [-0.05, 0) is 50.2 Å². The highest BCUT2D eigenvalue weighted by Gasteiger charge is 2.21. The summed E-state index contributed by atoms with van der Waals surface area (Å²) in [5, 5.41) is 10.5. The average Bonchev–Trinajstić information content (AvgIpc) is 3.01. The molecule has 0 unspecified atom stereocenters. The van der Waals surface area contributed by atoms with Crippen LogP contribution in [0.4, 0.5) is 5.69 Å². The minimum Gasteiger partial charge on any atom is -0.477 e. The van der Waals surface area contributed by atoms with Gasteiger partial charge in [0.25, 0.3) is 0 Å². The molecule has 2 heterocycles. The molecule has 1 aromatic heterocycles. The first-order valence-corrected chi connectivity index (χ1v) is 7.84. The van der Waals surface area contributed by atoms with Gasteiger partial charge in [0, 0.05) is 12.7 Å². The minimum absolute atomic E-state index is 0.0450. The number of aromatic nitrogens is 2. The van der Waals surface area contributed by atoms with Crippen LogP contribution in [-0.4, -0.2) is 35.9 Å². The zero-order valence-electron chi connectivity index (χ0n) is 13.8. The molecule has 0 atom stereocenters. The first-order chi connectivity index (χ1) is 11.1. The van der Waals surface area contributed by atoms with Gasteiger partial charge in [0.15, 0.2) is 0 Å². The third-order valence-electron chi connectivity index (χ3n) is 4.00. The summed E-state index contributed by atoms with van der Waals surface area (Å²) >= 11 is 0. The maximum atomic E-state index is 11.5. The van der Waals surface area contributed by atoms with E-state index < -0.39 is 0 Å². The molecule has 0 spiro atoms. The third-order valence-corrected chi connectivity index (χ3v) is 4.00. The van der Waals surface area contributed by atoms with Crippen molar-refractivity contribution in [2.24, 2.45) is 7.05 Å². The summed E-state index contributed by atoms with van der Waals surface area (Å²) in [5.74, 6) is 0.819. The quantitative estimate of drug-likeness (QED) is 0.799. The van der Waals surface area contributed by atoms with E-state index in [1.165, 1.54) is 0 Å². The summed E-state index contributed by atoms with van der Waals surface area (Å²) in [7, 11) is 3.82. The van der Waals surface area contributed by atoms with Crippen molar-refractivity contribution in [1.29, 1.82) is 0 Å². The van der Waals surface area contributed by atoms with E-state index in [2.05, 4.69) is 21.8 Å². The zero-order valence-corrected chi connectivity index (χ0v) is 13.8. The Labute approximate surface area is 135 Å². The Kier molecular flexibility index (Phi) is 4.34. The van der Waals surface area contributed by atoms with Gasteiger partial charge >= 0.3 is 0 Å². The predicted octanol–water partition coefficient (Wildman–Crippen LogP) is 1.88. The van der Waals surface area contributed by atoms with Crippen molar-refractivity contribution in [3.05, 3.63) is 29.5 Å². The lowest BCUT2D eigenvalue weighted by molar-refractivity contribution is -0.115. The third kappa shape index (κ3) is 3.07. The molecule has 1 aliphatic heterocycles. The van der Waals surface area contributed by atoms with Crippen molar-refractivity contribution >= 4 is 11.6 Å². The van der Waals surface area contributed by atoms with E-state index in [1.807, 2.05) is 33.2 Å². The Morgan fingerprint density at radius 2 is 2.26 bits per heavy atom. The molecule has 1 aliphatic rings. The van der Waals surface area contributed by atoms with Gasteiger partial charge in [0.2, 0.25) is 11.8 Å². The number of anilines is 1. The summed E-state index contributed by atoms with van der Waals surface area (Å²) in [6.45, 7) is 3.53. The van der Waals surface area contributed by atoms with Crippen LogP contribution in [0.1, 0.15) is 17.7 Å². The van der Waals surface area contributed by atoms with Gasteiger partial charge in [0.1, 0.15) is 0 Å². The summed E-state index contributed by atoms with van der Waals surface area (Å²) in [6.07, 6.45) is 1.36. The molecule has 1 aromatic carbocycles. The second-order valence-electron chi connectivity index (χ2n) is 5.79. The van der Waals surface area contributed by atoms with Crippen molar-refractivity contribution < 1.29 is 9.53 Å². The number of amides is 1. The average molecular weight is 314 g/mol. The van der Waals surface area contributed by atoms with E-state index in [0.717, 1.165) is 46.9 Å². The number of fused-ring (bicyclic) bond motifs is 1. The lowest BCUT2D eigenvalue weighted by atomic mass is 10.0. The highest BCUT2D eigenvalue weighted by Crippen LogP contribution is 2.36. The molecule has 0 fully saturated rings. The van der Waals surface area contributed by atoms with Gasteiger partial charge in [-0.2, -0.15) is 5.10 Å². The summed E-state index contributed by atoms with van der Waals surface area (Å²) in [6, 6.07) is 6.01. The molecule has 0 radical (unpaired) electrons. The van der Waals surface area contributed by atoms with Crippen molar-refractivity contribution in [1.82, 2.24) is 15.1 Å². The summed E-state index contributed by atoms with van der Waals surface area (Å²) in [5.41, 5.74) is 4.88. The van der Waals surface area contributed by atoms with Gasteiger partial charge in [-0.3, -0.25) is 4.79 Å². The van der Waals surface area contributed by atoms with Crippen molar-refractivity contribution in [3.8, 4) is 17.0 Å². The monoisotopic (exact) mass is 314 g/mol. The van der Waals surface area contributed by atoms with Crippen LogP contribution in [0.25, 0.3) is 11.1 Å². The number of carbonyl (C=O) groups excluding carboxylic acids is 1. The van der Waals surface area contributed by atoms with Gasteiger partial charge in [-0.15, -0.1) is 0 Å². The first kappa shape index (κ1) is 15.6. The van der Waals surface area contributed by atoms with E-state index in [0.29, 0.717) is 13.0 Å². The molecule has 0 bridgehead atoms. The van der Waals surface area contributed by atoms with Gasteiger partial charge in [-0.1, -0.05) is 6.07 Å². The van der Waals surface area contributed by atoms with Crippen LogP contribution in [0.5, 0.6) is 5.88 Å². The van der Waals surface area contributed by atoms with Crippen LogP contribution >= 0.6 is 0 Å². The molecule has 3 rings (SSSR count). The molecule has 6 heteroatoms. The molecule has 0 saturated heterocycles. The number of hydrogen-bond acceptors (Lipinski definition) is 4. The fraction of sp³-hybridized carbons (Fsp3) is 0.412. The molecule has 0 saturated carbocycles. The van der Waals surface area contributed by atoms with Crippen LogP contribution in [0.3, 0.4) is 0 Å². The topological polar surface area (TPSA) is 68.2 Å². The second-order valence-corrected chi connectivity index (χ2v) is 5.79. The molecular formula is C17H22N4O2. The van der Waals surface area contributed by atoms with Crippen LogP contribution in [0.2, 0.25) is 0 Å². The Balaban J connectivity index is 1.90. The standard InChI is InChI=1S/C17H22N4O2/c1-11-16(17(21(3)20-11)23-8-4-7-18-2)12-5-6-14-13(9-12)10-15(22)19-14/h5-6,9,18H,4,7-8,10H2,1-3H3,(H,19,22). The van der Waals surface area contributed by atoms with Gasteiger partial charge in [0.05, 0.1) is 24.3 Å². The lowest BCUT2D eigenvalue weighted by Crippen LogP contribution is -2.12. The van der Waals surface area contributed by atoms with Crippen LogP contribution in [0.15, 0.2) is 18.2 Å². The number of nitrogens with one attached hydrogen (secondary N) is 2. The fourth-order valence-electron chi connectivity index (χ4n) is 2.94. The van der Waals surface area contributed by atoms with Crippen LogP contribution in [-0.2, 0) is 18.3 Å². The molecule has 2 aromatic rings. The molecule has 122 valence electrons. The number of benzene rings is 1. The highest BCUT2D eigenvalue weighted by molar-refractivity contribution is 5.99. The summed E-state index contributed by atoms with van der Waals surface area (Å²) in [4.78, 5) is 11.5. The van der Waals surface area contributed by atoms with Gasteiger partial charge < -0.3 is 15.4 Å². The number of nitrogens with zero attached hydrogens (tertiary/aromatic N) is 2. The fourth-order valence-corrected chi connectivity index (χ4v) is 2.94. The molecule has 23 heavy (non-hydrogen) atoms. The van der Waals surface area contributed by atoms with Crippen LogP contribution < -0.4 is 15.4 Å². The van der Waals surface area contributed by atoms with E-state index >= 15 is 0 Å². The van der Waals surface area contributed by atoms with Crippen molar-refractivity contribution in [2.75, 3.05) is 25.5 Å². The Morgan fingerprint density at radius 1 is 1.43 bits per heavy atom. The molecule has 6 nitrogen and oxygen atoms in total. The summed E-state index contributed by atoms with van der Waals surface area (Å²) < 4.78 is 7.74. The molecule has 0 aliphatic carbocycles. The molecular weight excluding hydrogens is 292 g/mol. The van der Waals surface area contributed by atoms with Crippen LogP contribution in [0, 0.1) is 6.92 Å². The largest absolute Gasteiger partial charge is 0.477 e. The number of hydrogen-bond donors (Lipinski definition) is 2. The van der Waals surface area contributed by atoms with E-state index in [9.17, 15) is 4.79 Å². The SMILES string of the molecule is CNCCCOc1c(-c2ccc3c(c2)CC(=O)N3)c(C)nn1C. The first-order valence-electron chi connectivity index (χ1n) is 7.84. The Bertz CT molecular complexity index is 736. The van der Waals surface area contributed by atoms with Crippen molar-refractivity contribution in [2.45, 2.75) is 19.8 Å².